The minimum Gasteiger partial charge on any atom is -0.342 e. The molecule has 1 saturated carbocycles. The Labute approximate surface area is 145 Å². The normalized spacial score (nSPS) is 31.4. The summed E-state index contributed by atoms with van der Waals surface area (Å²) < 4.78 is 0. The number of benzene rings is 1. The van der Waals surface area contributed by atoms with Crippen LogP contribution >= 0.6 is 0 Å². The van der Waals surface area contributed by atoms with Gasteiger partial charge >= 0.3 is 0 Å². The van der Waals surface area contributed by atoms with Gasteiger partial charge in [-0.05, 0) is 30.2 Å². The molecule has 2 unspecified atom stereocenters. The van der Waals surface area contributed by atoms with Crippen LogP contribution in [-0.4, -0.2) is 65.9 Å². The molecule has 0 radical (unpaired) electrons. The Kier molecular flexibility index (Phi) is 4.59. The second-order valence-electron chi connectivity index (χ2n) is 7.87. The molecule has 3 fully saturated rings. The molecule has 1 aromatic carbocycles. The van der Waals surface area contributed by atoms with Crippen LogP contribution in [0.5, 0.6) is 0 Å². The summed E-state index contributed by atoms with van der Waals surface area (Å²) in [6, 6.07) is 11.6. The topological polar surface area (TPSA) is 26.8 Å². The fourth-order valence-corrected chi connectivity index (χ4v) is 4.95. The van der Waals surface area contributed by atoms with Crippen LogP contribution in [0.3, 0.4) is 0 Å². The molecule has 24 heavy (non-hydrogen) atoms. The lowest BCUT2D eigenvalue weighted by Crippen LogP contribution is -2.49. The molecule has 1 amide bonds. The maximum Gasteiger partial charge on any atom is 0.219 e. The molecule has 2 atom stereocenters. The Hall–Kier alpha value is -1.39. The van der Waals surface area contributed by atoms with Gasteiger partial charge in [-0.25, -0.2) is 0 Å². The number of hydrogen-bond acceptors (Lipinski definition) is 3. The van der Waals surface area contributed by atoms with Crippen LogP contribution < -0.4 is 0 Å². The number of amides is 1. The molecular formula is C20H29N3O. The van der Waals surface area contributed by atoms with E-state index in [1.807, 2.05) is 0 Å². The monoisotopic (exact) mass is 327 g/mol. The first-order valence-corrected chi connectivity index (χ1v) is 9.45. The van der Waals surface area contributed by atoms with Gasteiger partial charge in [-0.2, -0.15) is 0 Å². The Morgan fingerprint density at radius 1 is 1.00 bits per heavy atom. The van der Waals surface area contributed by atoms with Gasteiger partial charge in [-0.1, -0.05) is 30.3 Å². The molecule has 0 bridgehead atoms. The van der Waals surface area contributed by atoms with Crippen LogP contribution in [0.25, 0.3) is 0 Å². The predicted octanol–water partition coefficient (Wildman–Crippen LogP) is 2.06. The van der Waals surface area contributed by atoms with Crippen LogP contribution in [0.15, 0.2) is 30.3 Å². The van der Waals surface area contributed by atoms with Crippen molar-refractivity contribution >= 4 is 5.91 Å². The molecule has 4 heteroatoms. The largest absolute Gasteiger partial charge is 0.342 e. The van der Waals surface area contributed by atoms with Gasteiger partial charge in [0.2, 0.25) is 5.91 Å². The van der Waals surface area contributed by atoms with Crippen molar-refractivity contribution in [3.8, 4) is 0 Å². The Bertz CT molecular complexity index is 554. The molecule has 130 valence electrons. The van der Waals surface area contributed by atoms with Gasteiger partial charge in [0.1, 0.15) is 0 Å². The van der Waals surface area contributed by atoms with Crippen LogP contribution in [0.4, 0.5) is 0 Å². The summed E-state index contributed by atoms with van der Waals surface area (Å²) in [7, 11) is 0. The molecule has 4 nitrogen and oxygen atoms in total. The summed E-state index contributed by atoms with van der Waals surface area (Å²) in [6.45, 7) is 9.57. The first kappa shape index (κ1) is 16.1. The van der Waals surface area contributed by atoms with E-state index in [9.17, 15) is 4.79 Å². The smallest absolute Gasteiger partial charge is 0.219 e. The van der Waals surface area contributed by atoms with Crippen molar-refractivity contribution in [2.75, 3.05) is 39.3 Å². The zero-order chi connectivity index (χ0) is 16.5. The van der Waals surface area contributed by atoms with Gasteiger partial charge in [0.15, 0.2) is 0 Å². The number of carbonyl (C=O) groups excluding carboxylic acids is 1. The van der Waals surface area contributed by atoms with E-state index in [1.54, 1.807) is 6.92 Å². The number of rotatable bonds is 3. The molecule has 0 N–H and O–H groups in total. The van der Waals surface area contributed by atoms with E-state index in [-0.39, 0.29) is 5.91 Å². The number of likely N-dealkylation sites (tertiary alicyclic amines) is 1. The van der Waals surface area contributed by atoms with E-state index in [0.717, 1.165) is 37.5 Å². The van der Waals surface area contributed by atoms with Crippen LogP contribution in [-0.2, 0) is 11.3 Å². The van der Waals surface area contributed by atoms with Gasteiger partial charge in [-0.3, -0.25) is 14.6 Å². The molecule has 2 aliphatic heterocycles. The fourth-order valence-electron chi connectivity index (χ4n) is 4.95. The average Bonchev–Trinajstić information content (AvgIpc) is 3.15. The van der Waals surface area contributed by atoms with Crippen molar-refractivity contribution in [1.29, 1.82) is 0 Å². The third-order valence-electron chi connectivity index (χ3n) is 6.34. The number of nitrogens with zero attached hydrogens (tertiary/aromatic N) is 3. The van der Waals surface area contributed by atoms with Crippen molar-refractivity contribution in [3.05, 3.63) is 35.9 Å². The van der Waals surface area contributed by atoms with Gasteiger partial charge in [0.05, 0.1) is 0 Å². The number of piperazine rings is 1. The number of hydrogen-bond donors (Lipinski definition) is 0. The van der Waals surface area contributed by atoms with E-state index in [0.29, 0.717) is 0 Å². The lowest BCUT2D eigenvalue weighted by molar-refractivity contribution is -0.128. The lowest BCUT2D eigenvalue weighted by Gasteiger charge is -2.38. The van der Waals surface area contributed by atoms with E-state index in [2.05, 4.69) is 45.0 Å². The highest BCUT2D eigenvalue weighted by molar-refractivity contribution is 5.73. The molecule has 3 aliphatic rings. The third kappa shape index (κ3) is 3.35. The van der Waals surface area contributed by atoms with Crippen molar-refractivity contribution in [3.63, 3.8) is 0 Å². The highest BCUT2D eigenvalue weighted by atomic mass is 16.2. The predicted molar refractivity (Wildman–Crippen MR) is 95.5 cm³/mol. The molecule has 2 heterocycles. The third-order valence-corrected chi connectivity index (χ3v) is 6.34. The molecule has 0 aromatic heterocycles. The zero-order valence-electron chi connectivity index (χ0n) is 14.7. The molecule has 0 spiro atoms. The number of fused-ring (bicyclic) bond motifs is 1. The Morgan fingerprint density at radius 3 is 2.21 bits per heavy atom. The maximum atomic E-state index is 11.6. The fraction of sp³-hybridized carbons (Fsp3) is 0.650. The summed E-state index contributed by atoms with van der Waals surface area (Å²) in [6.07, 6.45) is 2.60. The van der Waals surface area contributed by atoms with Gasteiger partial charge in [0.25, 0.3) is 0 Å². The SMILES string of the molecule is CC(=O)N1CC2CC(N3CCN(Cc4ccccc4)CC3)CC2C1. The highest BCUT2D eigenvalue weighted by Crippen LogP contribution is 2.40. The Morgan fingerprint density at radius 2 is 1.62 bits per heavy atom. The van der Waals surface area contributed by atoms with Crippen LogP contribution in [0, 0.1) is 11.8 Å². The summed E-state index contributed by atoms with van der Waals surface area (Å²) in [4.78, 5) is 18.9. The van der Waals surface area contributed by atoms with E-state index >= 15 is 0 Å². The molecule has 1 aromatic rings. The summed E-state index contributed by atoms with van der Waals surface area (Å²) in [5.41, 5.74) is 1.42. The van der Waals surface area contributed by atoms with Crippen molar-refractivity contribution < 1.29 is 4.79 Å². The summed E-state index contributed by atoms with van der Waals surface area (Å²) in [5.74, 6) is 1.76. The Balaban J connectivity index is 1.25. The van der Waals surface area contributed by atoms with Gasteiger partial charge in [-0.15, -0.1) is 0 Å². The van der Waals surface area contributed by atoms with E-state index in [4.69, 9.17) is 0 Å². The minimum absolute atomic E-state index is 0.260. The second kappa shape index (κ2) is 6.85. The molecular weight excluding hydrogens is 298 g/mol. The summed E-state index contributed by atoms with van der Waals surface area (Å²) >= 11 is 0. The standard InChI is InChI=1S/C20H29N3O/c1-16(24)23-14-18-11-20(12-19(18)15-23)22-9-7-21(8-10-22)13-17-5-3-2-4-6-17/h2-6,18-20H,7-15H2,1H3. The minimum atomic E-state index is 0.260. The van der Waals surface area contributed by atoms with E-state index < -0.39 is 0 Å². The first-order chi connectivity index (χ1) is 11.7. The van der Waals surface area contributed by atoms with Crippen molar-refractivity contribution in [1.82, 2.24) is 14.7 Å². The molecule has 4 rings (SSSR count). The van der Waals surface area contributed by atoms with Gasteiger partial charge < -0.3 is 4.90 Å². The van der Waals surface area contributed by atoms with Crippen LogP contribution in [0.1, 0.15) is 25.3 Å². The van der Waals surface area contributed by atoms with Crippen molar-refractivity contribution in [2.45, 2.75) is 32.4 Å². The highest BCUT2D eigenvalue weighted by Gasteiger charge is 2.43. The molecule has 1 aliphatic carbocycles. The van der Waals surface area contributed by atoms with Crippen molar-refractivity contribution in [2.24, 2.45) is 11.8 Å². The summed E-state index contributed by atoms with van der Waals surface area (Å²) in [5, 5.41) is 0. The molecule has 2 saturated heterocycles. The number of carbonyl (C=O) groups is 1. The zero-order valence-corrected chi connectivity index (χ0v) is 14.7. The first-order valence-electron chi connectivity index (χ1n) is 9.45. The van der Waals surface area contributed by atoms with Crippen LogP contribution in [0.2, 0.25) is 0 Å². The average molecular weight is 327 g/mol. The quantitative estimate of drug-likeness (QED) is 0.850. The second-order valence-corrected chi connectivity index (χ2v) is 7.87. The van der Waals surface area contributed by atoms with Gasteiger partial charge in [0, 0.05) is 58.8 Å². The lowest BCUT2D eigenvalue weighted by atomic mass is 10.0. The maximum absolute atomic E-state index is 11.6. The van der Waals surface area contributed by atoms with E-state index in [1.165, 1.54) is 44.6 Å².